The Morgan fingerprint density at radius 2 is 1.92 bits per heavy atom. The van der Waals surface area contributed by atoms with Crippen molar-refractivity contribution in [3.05, 3.63) is 71.1 Å². The molecule has 2 aromatic carbocycles. The topological polar surface area (TPSA) is 65.2 Å². The van der Waals surface area contributed by atoms with Crippen LogP contribution in [0.15, 0.2) is 53.1 Å². The molecule has 0 saturated heterocycles. The summed E-state index contributed by atoms with van der Waals surface area (Å²) in [4.78, 5) is 16.1. The van der Waals surface area contributed by atoms with E-state index in [1.165, 1.54) is 6.07 Å². The molecule has 3 rings (SSSR count). The molecule has 0 spiro atoms. The first-order valence-corrected chi connectivity index (χ1v) is 7.57. The molecule has 1 aromatic heterocycles. The van der Waals surface area contributed by atoms with Crippen molar-refractivity contribution in [3.8, 4) is 11.4 Å². The van der Waals surface area contributed by atoms with Gasteiger partial charge in [0.2, 0.25) is 5.82 Å². The summed E-state index contributed by atoms with van der Waals surface area (Å²) in [6.07, 6.45) is -4.54. The number of carbonyl (C=O) groups excluding carboxylic acids is 1. The Bertz CT molecular complexity index is 935. The molecule has 0 aliphatic carbocycles. The van der Waals surface area contributed by atoms with E-state index >= 15 is 0 Å². The summed E-state index contributed by atoms with van der Waals surface area (Å²) in [5.74, 6) is -0.525. The van der Waals surface area contributed by atoms with Crippen LogP contribution < -0.4 is 0 Å². The Kier molecular flexibility index (Phi) is 4.75. The van der Waals surface area contributed by atoms with E-state index in [1.807, 2.05) is 31.2 Å². The Hall–Kier alpha value is -3.16. The summed E-state index contributed by atoms with van der Waals surface area (Å²) >= 11 is 0. The molecule has 0 fully saturated rings. The van der Waals surface area contributed by atoms with Crippen LogP contribution in [0.5, 0.6) is 0 Å². The number of rotatable bonds is 4. The summed E-state index contributed by atoms with van der Waals surface area (Å²) in [6.45, 7) is 1.55. The molecule has 0 aliphatic rings. The Labute approximate surface area is 146 Å². The maximum Gasteiger partial charge on any atom is 0.416 e. The quantitative estimate of drug-likeness (QED) is 0.643. The van der Waals surface area contributed by atoms with E-state index in [4.69, 9.17) is 9.26 Å². The van der Waals surface area contributed by atoms with Crippen LogP contribution in [0.4, 0.5) is 13.2 Å². The maximum atomic E-state index is 12.7. The van der Waals surface area contributed by atoms with E-state index < -0.39 is 17.7 Å². The number of ether oxygens (including phenoxy) is 1. The van der Waals surface area contributed by atoms with Gasteiger partial charge in [-0.15, -0.1) is 0 Å². The van der Waals surface area contributed by atoms with E-state index in [0.717, 1.165) is 29.3 Å². The smallest absolute Gasteiger partial charge is 0.416 e. The van der Waals surface area contributed by atoms with Crippen LogP contribution in [0.2, 0.25) is 0 Å². The summed E-state index contributed by atoms with van der Waals surface area (Å²) in [6, 6.07) is 11.4. The third-order valence-electron chi connectivity index (χ3n) is 3.61. The molecule has 1 heterocycles. The second-order valence-electron chi connectivity index (χ2n) is 5.48. The summed E-state index contributed by atoms with van der Waals surface area (Å²) in [5, 5.41) is 3.82. The number of halogens is 3. The lowest BCUT2D eigenvalue weighted by Gasteiger charge is -2.08. The van der Waals surface area contributed by atoms with Gasteiger partial charge in [0.15, 0.2) is 6.61 Å². The molecule has 3 aromatic rings. The first kappa shape index (κ1) is 17.7. The van der Waals surface area contributed by atoms with Gasteiger partial charge in [-0.2, -0.15) is 18.2 Å². The highest BCUT2D eigenvalue weighted by molar-refractivity contribution is 5.89. The first-order valence-electron chi connectivity index (χ1n) is 7.57. The van der Waals surface area contributed by atoms with Crippen molar-refractivity contribution < 1.29 is 27.2 Å². The predicted molar refractivity (Wildman–Crippen MR) is 85.0 cm³/mol. The van der Waals surface area contributed by atoms with Crippen LogP contribution in [0.25, 0.3) is 11.4 Å². The number of aromatic nitrogens is 2. The highest BCUT2D eigenvalue weighted by Crippen LogP contribution is 2.29. The molecule has 0 bridgehead atoms. The predicted octanol–water partition coefficient (Wildman–Crippen LogP) is 4.42. The van der Waals surface area contributed by atoms with Gasteiger partial charge in [-0.3, -0.25) is 0 Å². The number of esters is 1. The van der Waals surface area contributed by atoms with Gasteiger partial charge in [0.05, 0.1) is 11.1 Å². The van der Waals surface area contributed by atoms with Crippen LogP contribution in [0, 0.1) is 6.92 Å². The largest absolute Gasteiger partial charge is 0.452 e. The SMILES string of the molecule is Cc1ccccc1-c1noc(COC(=O)c2cccc(C(F)(F)F)c2)n1. The van der Waals surface area contributed by atoms with E-state index in [2.05, 4.69) is 10.1 Å². The Morgan fingerprint density at radius 1 is 1.15 bits per heavy atom. The minimum absolute atomic E-state index is 0.0450. The normalized spacial score (nSPS) is 11.4. The molecule has 134 valence electrons. The summed E-state index contributed by atoms with van der Waals surface area (Å²) in [5.41, 5.74) is 0.581. The molecular weight excluding hydrogens is 349 g/mol. The standard InChI is InChI=1S/C18H13F3N2O3/c1-11-5-2-3-8-14(11)16-22-15(26-23-16)10-25-17(24)12-6-4-7-13(9-12)18(19,20)21/h2-9H,10H2,1H3. The van der Waals surface area contributed by atoms with Crippen LogP contribution in [0.3, 0.4) is 0 Å². The summed E-state index contributed by atoms with van der Waals surface area (Å²) < 4.78 is 48.1. The second-order valence-corrected chi connectivity index (χ2v) is 5.48. The lowest BCUT2D eigenvalue weighted by atomic mass is 10.1. The number of nitrogens with zero attached hydrogens (tertiary/aromatic N) is 2. The molecule has 0 amide bonds. The van der Waals surface area contributed by atoms with Gasteiger partial charge in [-0.25, -0.2) is 4.79 Å². The summed E-state index contributed by atoms with van der Waals surface area (Å²) in [7, 11) is 0. The van der Waals surface area contributed by atoms with E-state index in [0.29, 0.717) is 5.82 Å². The number of benzene rings is 2. The highest BCUT2D eigenvalue weighted by atomic mass is 19.4. The number of alkyl halides is 3. The molecule has 0 saturated carbocycles. The van der Waals surface area contributed by atoms with Crippen molar-refractivity contribution in [2.24, 2.45) is 0 Å². The zero-order valence-electron chi connectivity index (χ0n) is 13.6. The lowest BCUT2D eigenvalue weighted by Crippen LogP contribution is -2.09. The van der Waals surface area contributed by atoms with Crippen LogP contribution in [-0.2, 0) is 17.5 Å². The average Bonchev–Trinajstić information content (AvgIpc) is 3.08. The highest BCUT2D eigenvalue weighted by Gasteiger charge is 2.31. The van der Waals surface area contributed by atoms with Crippen molar-refractivity contribution >= 4 is 5.97 Å². The van der Waals surface area contributed by atoms with E-state index in [9.17, 15) is 18.0 Å². The van der Waals surface area contributed by atoms with Crippen molar-refractivity contribution in [1.29, 1.82) is 0 Å². The van der Waals surface area contributed by atoms with Crippen LogP contribution in [-0.4, -0.2) is 16.1 Å². The number of carbonyl (C=O) groups is 1. The number of aryl methyl sites for hydroxylation is 1. The van der Waals surface area contributed by atoms with Gasteiger partial charge >= 0.3 is 12.1 Å². The van der Waals surface area contributed by atoms with Gasteiger partial charge in [-0.05, 0) is 30.7 Å². The molecule has 0 radical (unpaired) electrons. The Morgan fingerprint density at radius 3 is 2.65 bits per heavy atom. The fourth-order valence-electron chi connectivity index (χ4n) is 2.28. The lowest BCUT2D eigenvalue weighted by molar-refractivity contribution is -0.137. The molecule has 5 nitrogen and oxygen atoms in total. The van der Waals surface area contributed by atoms with Gasteiger partial charge in [-0.1, -0.05) is 35.5 Å². The fraction of sp³-hybridized carbons (Fsp3) is 0.167. The van der Waals surface area contributed by atoms with Crippen molar-refractivity contribution in [3.63, 3.8) is 0 Å². The molecule has 26 heavy (non-hydrogen) atoms. The van der Waals surface area contributed by atoms with E-state index in [1.54, 1.807) is 0 Å². The minimum Gasteiger partial charge on any atom is -0.452 e. The number of hydrogen-bond donors (Lipinski definition) is 0. The zero-order chi connectivity index (χ0) is 18.7. The monoisotopic (exact) mass is 362 g/mol. The molecular formula is C18H13F3N2O3. The van der Waals surface area contributed by atoms with Crippen LogP contribution >= 0.6 is 0 Å². The van der Waals surface area contributed by atoms with Crippen molar-refractivity contribution in [1.82, 2.24) is 10.1 Å². The van der Waals surface area contributed by atoms with Crippen molar-refractivity contribution in [2.75, 3.05) is 0 Å². The zero-order valence-corrected chi connectivity index (χ0v) is 13.6. The van der Waals surface area contributed by atoms with Gasteiger partial charge < -0.3 is 9.26 Å². The minimum atomic E-state index is -4.54. The Balaban J connectivity index is 1.68. The molecule has 0 atom stereocenters. The molecule has 0 unspecified atom stereocenters. The molecule has 0 aliphatic heterocycles. The third-order valence-corrected chi connectivity index (χ3v) is 3.61. The third kappa shape index (κ3) is 3.90. The van der Waals surface area contributed by atoms with E-state index in [-0.39, 0.29) is 18.1 Å². The van der Waals surface area contributed by atoms with Crippen molar-refractivity contribution in [2.45, 2.75) is 19.7 Å². The number of hydrogen-bond acceptors (Lipinski definition) is 5. The maximum absolute atomic E-state index is 12.7. The van der Waals surface area contributed by atoms with Gasteiger partial charge in [0, 0.05) is 5.56 Å². The van der Waals surface area contributed by atoms with Gasteiger partial charge in [0.25, 0.3) is 5.89 Å². The van der Waals surface area contributed by atoms with Gasteiger partial charge in [0.1, 0.15) is 0 Å². The van der Waals surface area contributed by atoms with Crippen LogP contribution in [0.1, 0.15) is 27.4 Å². The molecule has 8 heteroatoms. The first-order chi connectivity index (χ1) is 12.3. The molecule has 0 N–H and O–H groups in total. The fourth-order valence-corrected chi connectivity index (χ4v) is 2.28. The average molecular weight is 362 g/mol. The second kappa shape index (κ2) is 6.99.